The molecule has 36 heavy (non-hydrogen) atoms. The molecule has 4 rings (SSSR count). The summed E-state index contributed by atoms with van der Waals surface area (Å²) in [4.78, 5) is 30.4. The lowest BCUT2D eigenvalue weighted by atomic mass is 9.95. The molecule has 1 unspecified atom stereocenters. The number of aliphatic hydroxyl groups is 1. The van der Waals surface area contributed by atoms with Crippen LogP contribution < -0.4 is 4.74 Å². The summed E-state index contributed by atoms with van der Waals surface area (Å²) in [6, 6.07) is 14.2. The zero-order valence-electron chi connectivity index (χ0n) is 21.2. The van der Waals surface area contributed by atoms with Crippen LogP contribution in [0.3, 0.4) is 0 Å². The molecule has 7 nitrogen and oxygen atoms in total. The first-order valence-corrected chi connectivity index (χ1v) is 12.9. The molecule has 2 aromatic carbocycles. The summed E-state index contributed by atoms with van der Waals surface area (Å²) in [5.41, 5.74) is 2.44. The molecule has 192 valence electrons. The van der Waals surface area contributed by atoms with Crippen LogP contribution in [0.1, 0.15) is 48.9 Å². The molecule has 0 radical (unpaired) electrons. The number of morpholine rings is 1. The third-order valence-electron chi connectivity index (χ3n) is 6.78. The summed E-state index contributed by atoms with van der Waals surface area (Å²) in [5, 5.41) is 11.2. The summed E-state index contributed by atoms with van der Waals surface area (Å²) in [6.45, 7) is 9.06. The first kappa shape index (κ1) is 25.9. The molecule has 1 N–H and O–H groups in total. The highest BCUT2D eigenvalue weighted by molar-refractivity contribution is 6.46. The van der Waals surface area contributed by atoms with E-state index in [1.54, 1.807) is 17.0 Å². The number of carbonyl (C=O) groups is 2. The second kappa shape index (κ2) is 12.2. The van der Waals surface area contributed by atoms with Crippen LogP contribution >= 0.6 is 0 Å². The summed E-state index contributed by atoms with van der Waals surface area (Å²) in [6.07, 6.45) is 2.69. The smallest absolute Gasteiger partial charge is 0.295 e. The minimum Gasteiger partial charge on any atom is -0.507 e. The van der Waals surface area contributed by atoms with E-state index in [1.807, 2.05) is 43.3 Å². The molecule has 2 aliphatic rings. The number of hydrogen-bond acceptors (Lipinski definition) is 6. The van der Waals surface area contributed by atoms with Gasteiger partial charge in [0.15, 0.2) is 0 Å². The fourth-order valence-corrected chi connectivity index (χ4v) is 4.72. The van der Waals surface area contributed by atoms with E-state index in [2.05, 4.69) is 11.8 Å². The first-order valence-electron chi connectivity index (χ1n) is 12.9. The summed E-state index contributed by atoms with van der Waals surface area (Å²) in [5.74, 6) is -0.684. The number of nitrogens with zero attached hydrogens (tertiary/aromatic N) is 2. The molecular formula is C29H36N2O5. The Kier molecular flexibility index (Phi) is 8.78. The Morgan fingerprint density at radius 2 is 1.81 bits per heavy atom. The van der Waals surface area contributed by atoms with Gasteiger partial charge in [0.1, 0.15) is 11.5 Å². The van der Waals surface area contributed by atoms with Crippen molar-refractivity contribution >= 4 is 17.4 Å². The second-order valence-corrected chi connectivity index (χ2v) is 9.44. The van der Waals surface area contributed by atoms with Crippen molar-refractivity contribution in [2.24, 2.45) is 0 Å². The number of amides is 1. The predicted octanol–water partition coefficient (Wildman–Crippen LogP) is 4.32. The highest BCUT2D eigenvalue weighted by Crippen LogP contribution is 2.40. The fourth-order valence-electron chi connectivity index (χ4n) is 4.72. The molecule has 0 aromatic heterocycles. The van der Waals surface area contributed by atoms with Crippen molar-refractivity contribution in [2.75, 3.05) is 46.0 Å². The van der Waals surface area contributed by atoms with Crippen LogP contribution in [0.4, 0.5) is 0 Å². The number of ketones is 1. The maximum absolute atomic E-state index is 13.3. The van der Waals surface area contributed by atoms with Gasteiger partial charge in [-0.05, 0) is 37.5 Å². The number of likely N-dealkylation sites (tertiary alicyclic amines) is 1. The SMILES string of the molecule is CCCCOc1cccc(C2/C(=C(\O)c3ccc(C)cc3)C(=O)C(=O)N2CCCN2CCOCC2)c1. The van der Waals surface area contributed by atoms with Crippen molar-refractivity contribution in [3.8, 4) is 5.75 Å². The van der Waals surface area contributed by atoms with Gasteiger partial charge in [0, 0.05) is 31.7 Å². The van der Waals surface area contributed by atoms with Crippen molar-refractivity contribution in [3.05, 3.63) is 70.8 Å². The van der Waals surface area contributed by atoms with Gasteiger partial charge in [-0.1, -0.05) is 55.3 Å². The van der Waals surface area contributed by atoms with E-state index < -0.39 is 17.7 Å². The lowest BCUT2D eigenvalue weighted by molar-refractivity contribution is -0.140. The molecule has 2 aliphatic heterocycles. The van der Waals surface area contributed by atoms with Crippen LogP contribution in [0.5, 0.6) is 5.75 Å². The van der Waals surface area contributed by atoms with Gasteiger partial charge in [-0.15, -0.1) is 0 Å². The van der Waals surface area contributed by atoms with Gasteiger partial charge < -0.3 is 19.5 Å². The number of aliphatic hydroxyl groups excluding tert-OH is 1. The molecule has 7 heteroatoms. The van der Waals surface area contributed by atoms with Gasteiger partial charge in [0.05, 0.1) is 31.4 Å². The van der Waals surface area contributed by atoms with Gasteiger partial charge in [-0.3, -0.25) is 14.5 Å². The predicted molar refractivity (Wildman–Crippen MR) is 139 cm³/mol. The Hall–Kier alpha value is -3.16. The molecule has 1 amide bonds. The van der Waals surface area contributed by atoms with E-state index in [1.165, 1.54) is 0 Å². The number of hydrogen-bond donors (Lipinski definition) is 1. The summed E-state index contributed by atoms with van der Waals surface area (Å²) >= 11 is 0. The van der Waals surface area contributed by atoms with Crippen LogP contribution in [0.2, 0.25) is 0 Å². The average Bonchev–Trinajstić information content (AvgIpc) is 3.15. The van der Waals surface area contributed by atoms with Crippen molar-refractivity contribution in [2.45, 2.75) is 39.2 Å². The van der Waals surface area contributed by atoms with Gasteiger partial charge >= 0.3 is 0 Å². The monoisotopic (exact) mass is 492 g/mol. The third kappa shape index (κ3) is 5.97. The molecule has 1 atom stereocenters. The maximum atomic E-state index is 13.3. The number of benzene rings is 2. The number of aryl methyl sites for hydroxylation is 1. The molecule has 0 aliphatic carbocycles. The van der Waals surface area contributed by atoms with Crippen molar-refractivity contribution < 1.29 is 24.2 Å². The van der Waals surface area contributed by atoms with Gasteiger partial charge in [-0.2, -0.15) is 0 Å². The Bertz CT molecular complexity index is 1090. The van der Waals surface area contributed by atoms with Crippen molar-refractivity contribution in [1.29, 1.82) is 0 Å². The minimum atomic E-state index is -0.675. The van der Waals surface area contributed by atoms with Crippen LogP contribution in [0.15, 0.2) is 54.1 Å². The van der Waals surface area contributed by atoms with E-state index in [-0.39, 0.29) is 11.3 Å². The zero-order chi connectivity index (χ0) is 25.5. The highest BCUT2D eigenvalue weighted by Gasteiger charge is 2.46. The van der Waals surface area contributed by atoms with E-state index in [0.717, 1.165) is 50.0 Å². The maximum Gasteiger partial charge on any atom is 0.295 e. The molecule has 0 bridgehead atoms. The number of carbonyl (C=O) groups excluding carboxylic acids is 2. The van der Waals surface area contributed by atoms with E-state index in [4.69, 9.17) is 9.47 Å². The van der Waals surface area contributed by atoms with Crippen molar-refractivity contribution in [3.63, 3.8) is 0 Å². The topological polar surface area (TPSA) is 79.3 Å². The Balaban J connectivity index is 1.66. The molecule has 0 saturated carbocycles. The van der Waals surface area contributed by atoms with Gasteiger partial charge in [0.2, 0.25) is 0 Å². The minimum absolute atomic E-state index is 0.126. The van der Waals surface area contributed by atoms with Crippen LogP contribution in [0, 0.1) is 6.92 Å². The number of ether oxygens (including phenoxy) is 2. The average molecular weight is 493 g/mol. The summed E-state index contributed by atoms with van der Waals surface area (Å²) < 4.78 is 11.3. The van der Waals surface area contributed by atoms with Gasteiger partial charge in [0.25, 0.3) is 11.7 Å². The second-order valence-electron chi connectivity index (χ2n) is 9.44. The quantitative estimate of drug-likeness (QED) is 0.230. The molecule has 2 saturated heterocycles. The zero-order valence-corrected chi connectivity index (χ0v) is 21.2. The highest BCUT2D eigenvalue weighted by atomic mass is 16.5. The molecule has 2 fully saturated rings. The molecular weight excluding hydrogens is 456 g/mol. The van der Waals surface area contributed by atoms with E-state index >= 15 is 0 Å². The van der Waals surface area contributed by atoms with Gasteiger partial charge in [-0.25, -0.2) is 0 Å². The largest absolute Gasteiger partial charge is 0.507 e. The van der Waals surface area contributed by atoms with Crippen LogP contribution in [0.25, 0.3) is 5.76 Å². The van der Waals surface area contributed by atoms with Crippen LogP contribution in [-0.2, 0) is 14.3 Å². The lowest BCUT2D eigenvalue weighted by Crippen LogP contribution is -2.38. The Labute approximate surface area is 213 Å². The molecule has 2 aromatic rings. The molecule has 2 heterocycles. The number of Topliss-reactive ketones (excluding diaryl/α,β-unsaturated/α-hetero) is 1. The molecule has 0 spiro atoms. The number of unbranched alkanes of at least 4 members (excludes halogenated alkanes) is 1. The fraction of sp³-hybridized carbons (Fsp3) is 0.448. The first-order chi connectivity index (χ1) is 17.5. The number of rotatable bonds is 10. The van der Waals surface area contributed by atoms with E-state index in [9.17, 15) is 14.7 Å². The third-order valence-corrected chi connectivity index (χ3v) is 6.78. The van der Waals surface area contributed by atoms with E-state index in [0.29, 0.717) is 37.7 Å². The van der Waals surface area contributed by atoms with Crippen LogP contribution in [-0.4, -0.2) is 72.6 Å². The Morgan fingerprint density at radius 1 is 1.06 bits per heavy atom. The summed E-state index contributed by atoms with van der Waals surface area (Å²) in [7, 11) is 0. The normalized spacial score (nSPS) is 20.2. The Morgan fingerprint density at radius 3 is 2.53 bits per heavy atom. The van der Waals surface area contributed by atoms with Crippen molar-refractivity contribution in [1.82, 2.24) is 9.80 Å². The standard InChI is InChI=1S/C29H36N2O5/c1-3-4-17-36-24-8-5-7-23(20-24)26-25(27(32)22-11-9-21(2)10-12-22)28(33)29(34)31(26)14-6-13-30-15-18-35-19-16-30/h5,7-12,20,26,32H,3-4,6,13-19H2,1-2H3/b27-25+. The lowest BCUT2D eigenvalue weighted by Gasteiger charge is -2.29.